The van der Waals surface area contributed by atoms with Crippen molar-refractivity contribution in [3.05, 3.63) is 41.7 Å². The number of methoxy groups -OCH3 is 2. The van der Waals surface area contributed by atoms with Crippen molar-refractivity contribution in [1.29, 1.82) is 0 Å². The molecule has 0 aliphatic carbocycles. The molecule has 0 spiro atoms. The first-order valence-corrected chi connectivity index (χ1v) is 7.67. The van der Waals surface area contributed by atoms with Crippen LogP contribution in [0.3, 0.4) is 0 Å². The molecule has 0 fully saturated rings. The third-order valence-corrected chi connectivity index (χ3v) is 3.46. The van der Waals surface area contributed by atoms with Crippen molar-refractivity contribution in [3.8, 4) is 11.5 Å². The van der Waals surface area contributed by atoms with Crippen LogP contribution in [0.1, 0.15) is 15.9 Å². The van der Waals surface area contributed by atoms with E-state index in [9.17, 15) is 9.59 Å². The summed E-state index contributed by atoms with van der Waals surface area (Å²) in [7, 11) is 4.84. The molecular weight excluding hydrogens is 326 g/mol. The van der Waals surface area contributed by atoms with E-state index in [4.69, 9.17) is 14.2 Å². The summed E-state index contributed by atoms with van der Waals surface area (Å²) >= 11 is 0. The molecule has 0 saturated carbocycles. The number of carbonyl (C=O) groups excluding carboxylic acids is 2. The van der Waals surface area contributed by atoms with Gasteiger partial charge in [-0.2, -0.15) is 5.10 Å². The lowest BCUT2D eigenvalue weighted by atomic mass is 10.1. The van der Waals surface area contributed by atoms with Crippen LogP contribution in [0, 0.1) is 0 Å². The van der Waals surface area contributed by atoms with Crippen LogP contribution in [0.15, 0.2) is 30.6 Å². The van der Waals surface area contributed by atoms with Crippen molar-refractivity contribution >= 4 is 11.9 Å². The Bertz CT molecular complexity index is 742. The van der Waals surface area contributed by atoms with Gasteiger partial charge in [0.25, 0.3) is 5.91 Å². The molecule has 8 nitrogen and oxygen atoms in total. The molecule has 1 aromatic carbocycles. The second kappa shape index (κ2) is 8.72. The molecule has 25 heavy (non-hydrogen) atoms. The minimum Gasteiger partial charge on any atom is -0.493 e. The maximum absolute atomic E-state index is 11.7. The highest BCUT2D eigenvalue weighted by molar-refractivity contribution is 5.90. The van der Waals surface area contributed by atoms with Crippen molar-refractivity contribution in [1.82, 2.24) is 15.1 Å². The largest absolute Gasteiger partial charge is 0.493 e. The van der Waals surface area contributed by atoms with Gasteiger partial charge in [0.2, 0.25) is 0 Å². The van der Waals surface area contributed by atoms with E-state index in [0.717, 1.165) is 5.56 Å². The zero-order valence-corrected chi connectivity index (χ0v) is 14.4. The molecule has 0 aliphatic rings. The van der Waals surface area contributed by atoms with E-state index in [-0.39, 0.29) is 12.5 Å². The summed E-state index contributed by atoms with van der Waals surface area (Å²) in [5, 5.41) is 6.57. The average Bonchev–Trinajstić information content (AvgIpc) is 3.06. The first-order chi connectivity index (χ1) is 12.0. The molecule has 0 aliphatic heterocycles. The number of hydrogen-bond acceptors (Lipinski definition) is 6. The fourth-order valence-corrected chi connectivity index (χ4v) is 2.17. The molecule has 1 amide bonds. The molecule has 0 saturated heterocycles. The lowest BCUT2D eigenvalue weighted by Crippen LogP contribution is -2.30. The van der Waals surface area contributed by atoms with Crippen LogP contribution in [-0.2, 0) is 23.0 Å². The average molecular weight is 347 g/mol. The Morgan fingerprint density at radius 1 is 1.20 bits per heavy atom. The lowest BCUT2D eigenvalue weighted by molar-refractivity contribution is -0.124. The second-order valence-corrected chi connectivity index (χ2v) is 5.27. The summed E-state index contributed by atoms with van der Waals surface area (Å²) in [6.07, 6.45) is 3.53. The van der Waals surface area contributed by atoms with Crippen LogP contribution in [0.25, 0.3) is 0 Å². The Kier molecular flexibility index (Phi) is 6.39. The minimum absolute atomic E-state index is 0.306. The molecular formula is C17H21N3O5. The monoisotopic (exact) mass is 347 g/mol. The van der Waals surface area contributed by atoms with Crippen LogP contribution >= 0.6 is 0 Å². The van der Waals surface area contributed by atoms with Crippen LogP contribution in [-0.4, -0.2) is 49.0 Å². The number of esters is 1. The van der Waals surface area contributed by atoms with Gasteiger partial charge in [0.15, 0.2) is 18.1 Å². The molecule has 2 rings (SSSR count). The van der Waals surface area contributed by atoms with Gasteiger partial charge in [-0.05, 0) is 24.1 Å². The Labute approximate surface area is 145 Å². The third-order valence-electron chi connectivity index (χ3n) is 3.46. The Balaban J connectivity index is 1.74. The number of rotatable bonds is 8. The van der Waals surface area contributed by atoms with Gasteiger partial charge in [0.1, 0.15) is 0 Å². The van der Waals surface area contributed by atoms with E-state index < -0.39 is 5.97 Å². The van der Waals surface area contributed by atoms with Gasteiger partial charge in [0.05, 0.1) is 26.0 Å². The molecule has 0 unspecified atom stereocenters. The molecule has 0 radical (unpaired) electrons. The van der Waals surface area contributed by atoms with Crippen LogP contribution in [0.4, 0.5) is 0 Å². The molecule has 1 aromatic heterocycles. The van der Waals surface area contributed by atoms with Gasteiger partial charge in [-0.15, -0.1) is 0 Å². The van der Waals surface area contributed by atoms with E-state index in [0.29, 0.717) is 30.0 Å². The number of benzene rings is 1. The standard InChI is InChI=1S/C17H21N3O5/c1-20-10-13(9-19-20)17(22)25-11-16(21)18-7-6-12-4-5-14(23-2)15(8-12)24-3/h4-5,8-10H,6-7,11H2,1-3H3,(H,18,21). The van der Waals surface area contributed by atoms with E-state index in [1.54, 1.807) is 21.3 Å². The van der Waals surface area contributed by atoms with E-state index >= 15 is 0 Å². The summed E-state index contributed by atoms with van der Waals surface area (Å²) in [6.45, 7) is 0.0818. The molecule has 0 atom stereocenters. The van der Waals surface area contributed by atoms with Crippen molar-refractivity contribution in [2.75, 3.05) is 27.4 Å². The highest BCUT2D eigenvalue weighted by Crippen LogP contribution is 2.27. The predicted molar refractivity (Wildman–Crippen MR) is 89.8 cm³/mol. The smallest absolute Gasteiger partial charge is 0.341 e. The molecule has 1 N–H and O–H groups in total. The van der Waals surface area contributed by atoms with Crippen molar-refractivity contribution in [3.63, 3.8) is 0 Å². The number of nitrogens with one attached hydrogen (secondary N) is 1. The number of amides is 1. The number of hydrogen-bond donors (Lipinski definition) is 1. The van der Waals surface area contributed by atoms with Gasteiger partial charge in [-0.3, -0.25) is 9.48 Å². The minimum atomic E-state index is -0.580. The Morgan fingerprint density at radius 2 is 1.96 bits per heavy atom. The second-order valence-electron chi connectivity index (χ2n) is 5.27. The van der Waals surface area contributed by atoms with Crippen LogP contribution in [0.2, 0.25) is 0 Å². The van der Waals surface area contributed by atoms with E-state index in [1.807, 2.05) is 18.2 Å². The summed E-state index contributed by atoms with van der Waals surface area (Å²) in [4.78, 5) is 23.5. The van der Waals surface area contributed by atoms with Crippen LogP contribution < -0.4 is 14.8 Å². The zero-order valence-electron chi connectivity index (χ0n) is 14.4. The maximum atomic E-state index is 11.7. The Hall–Kier alpha value is -3.03. The number of carbonyl (C=O) groups is 2. The van der Waals surface area contributed by atoms with Gasteiger partial charge in [-0.25, -0.2) is 4.79 Å². The van der Waals surface area contributed by atoms with Gasteiger partial charge in [-0.1, -0.05) is 6.07 Å². The summed E-state index contributed by atoms with van der Waals surface area (Å²) in [5.41, 5.74) is 1.30. The molecule has 134 valence electrons. The topological polar surface area (TPSA) is 91.7 Å². The summed E-state index contributed by atoms with van der Waals surface area (Å²) < 4.78 is 16.8. The SMILES string of the molecule is COc1ccc(CCNC(=O)COC(=O)c2cnn(C)c2)cc1OC. The molecule has 8 heteroatoms. The number of ether oxygens (including phenoxy) is 3. The molecule has 1 heterocycles. The Morgan fingerprint density at radius 3 is 2.60 bits per heavy atom. The number of aromatic nitrogens is 2. The first kappa shape index (κ1) is 18.3. The highest BCUT2D eigenvalue weighted by atomic mass is 16.5. The quantitative estimate of drug-likeness (QED) is 0.715. The van der Waals surface area contributed by atoms with Gasteiger partial charge in [0, 0.05) is 19.8 Å². The summed E-state index contributed by atoms with van der Waals surface area (Å²) in [5.74, 6) is 0.343. The first-order valence-electron chi connectivity index (χ1n) is 7.67. The fraction of sp³-hybridized carbons (Fsp3) is 0.353. The predicted octanol–water partition coefficient (Wildman–Crippen LogP) is 0.953. The lowest BCUT2D eigenvalue weighted by Gasteiger charge is -2.10. The van der Waals surface area contributed by atoms with Crippen molar-refractivity contribution < 1.29 is 23.8 Å². The molecule has 0 bridgehead atoms. The van der Waals surface area contributed by atoms with Gasteiger partial charge >= 0.3 is 5.97 Å². The number of aryl methyl sites for hydroxylation is 1. The number of nitrogens with zero attached hydrogens (tertiary/aromatic N) is 2. The zero-order chi connectivity index (χ0) is 18.2. The maximum Gasteiger partial charge on any atom is 0.341 e. The van der Waals surface area contributed by atoms with E-state index in [1.165, 1.54) is 17.1 Å². The highest BCUT2D eigenvalue weighted by Gasteiger charge is 2.11. The van der Waals surface area contributed by atoms with Crippen molar-refractivity contribution in [2.45, 2.75) is 6.42 Å². The fourth-order valence-electron chi connectivity index (χ4n) is 2.17. The van der Waals surface area contributed by atoms with Crippen LogP contribution in [0.5, 0.6) is 11.5 Å². The van der Waals surface area contributed by atoms with E-state index in [2.05, 4.69) is 10.4 Å². The third kappa shape index (κ3) is 5.23. The van der Waals surface area contributed by atoms with Crippen molar-refractivity contribution in [2.24, 2.45) is 7.05 Å². The molecule has 2 aromatic rings. The summed E-state index contributed by atoms with van der Waals surface area (Å²) in [6, 6.07) is 5.56. The normalized spacial score (nSPS) is 10.2. The van der Waals surface area contributed by atoms with Gasteiger partial charge < -0.3 is 19.5 Å².